The molecule has 3 nitrogen and oxygen atoms in total. The highest BCUT2D eigenvalue weighted by molar-refractivity contribution is 8.00. The Morgan fingerprint density at radius 2 is 1.95 bits per heavy atom. The summed E-state index contributed by atoms with van der Waals surface area (Å²) in [6.07, 6.45) is 0.799. The maximum atomic E-state index is 13.3. The van der Waals surface area contributed by atoms with Gasteiger partial charge in [-0.25, -0.2) is 4.39 Å². The first-order valence-corrected chi connectivity index (χ1v) is 7.62. The number of hydrogen-bond donors (Lipinski definition) is 2. The summed E-state index contributed by atoms with van der Waals surface area (Å²) in [7, 11) is 0. The van der Waals surface area contributed by atoms with Crippen molar-refractivity contribution in [3.05, 3.63) is 59.9 Å². The van der Waals surface area contributed by atoms with Crippen molar-refractivity contribution in [3.63, 3.8) is 0 Å². The van der Waals surface area contributed by atoms with Crippen molar-refractivity contribution in [2.45, 2.75) is 11.3 Å². The minimum absolute atomic E-state index is 0.0619. The number of rotatable bonds is 6. The van der Waals surface area contributed by atoms with E-state index in [-0.39, 0.29) is 17.3 Å². The Kier molecular flexibility index (Phi) is 5.63. The first-order chi connectivity index (χ1) is 10.1. The molecule has 0 aromatic heterocycles. The highest BCUT2D eigenvalue weighted by Crippen LogP contribution is 2.21. The zero-order chi connectivity index (χ0) is 15.1. The molecule has 0 aliphatic rings. The van der Waals surface area contributed by atoms with E-state index >= 15 is 0 Å². The molecule has 0 saturated heterocycles. The van der Waals surface area contributed by atoms with Gasteiger partial charge in [0.2, 0.25) is 5.91 Å². The van der Waals surface area contributed by atoms with Crippen LogP contribution in [0, 0.1) is 5.82 Å². The van der Waals surface area contributed by atoms with Gasteiger partial charge in [0.15, 0.2) is 0 Å². The van der Waals surface area contributed by atoms with Crippen LogP contribution < -0.4 is 11.1 Å². The fourth-order valence-corrected chi connectivity index (χ4v) is 2.54. The number of carbonyl (C=O) groups is 1. The molecular weight excluding hydrogens is 287 g/mol. The van der Waals surface area contributed by atoms with Gasteiger partial charge in [-0.05, 0) is 30.2 Å². The monoisotopic (exact) mass is 304 g/mol. The standard InChI is InChI=1S/C16H17FN2OS/c17-14-10-13(6-7-15(14)18)21-11-16(20)19-9-8-12-4-2-1-3-5-12/h1-7,10H,8-9,11,18H2,(H,19,20). The third kappa shape index (κ3) is 5.11. The third-order valence-electron chi connectivity index (χ3n) is 2.92. The van der Waals surface area contributed by atoms with Gasteiger partial charge in [0.05, 0.1) is 11.4 Å². The summed E-state index contributed by atoms with van der Waals surface area (Å²) >= 11 is 1.29. The summed E-state index contributed by atoms with van der Waals surface area (Å²) in [4.78, 5) is 12.4. The van der Waals surface area contributed by atoms with Crippen molar-refractivity contribution < 1.29 is 9.18 Å². The maximum Gasteiger partial charge on any atom is 0.230 e. The van der Waals surface area contributed by atoms with Gasteiger partial charge in [0, 0.05) is 11.4 Å². The summed E-state index contributed by atoms with van der Waals surface area (Å²) in [5, 5.41) is 2.85. The van der Waals surface area contributed by atoms with E-state index in [1.54, 1.807) is 6.07 Å². The molecule has 0 atom stereocenters. The van der Waals surface area contributed by atoms with Crippen LogP contribution in [0.4, 0.5) is 10.1 Å². The largest absolute Gasteiger partial charge is 0.396 e. The van der Waals surface area contributed by atoms with Gasteiger partial charge in [-0.2, -0.15) is 0 Å². The summed E-state index contributed by atoms with van der Waals surface area (Å²) in [6.45, 7) is 0.597. The average molecular weight is 304 g/mol. The first kappa shape index (κ1) is 15.4. The highest BCUT2D eigenvalue weighted by Gasteiger charge is 2.05. The molecule has 1 amide bonds. The Bertz CT molecular complexity index is 604. The lowest BCUT2D eigenvalue weighted by molar-refractivity contribution is -0.118. The first-order valence-electron chi connectivity index (χ1n) is 6.63. The second-order valence-corrected chi connectivity index (χ2v) is 5.61. The van der Waals surface area contributed by atoms with Crippen molar-refractivity contribution in [1.82, 2.24) is 5.32 Å². The van der Waals surface area contributed by atoms with Crippen LogP contribution >= 0.6 is 11.8 Å². The SMILES string of the molecule is Nc1ccc(SCC(=O)NCCc2ccccc2)cc1F. The van der Waals surface area contributed by atoms with E-state index in [4.69, 9.17) is 5.73 Å². The molecule has 21 heavy (non-hydrogen) atoms. The molecule has 0 spiro atoms. The Hall–Kier alpha value is -2.01. The fraction of sp³-hybridized carbons (Fsp3) is 0.188. The molecule has 2 rings (SSSR count). The molecule has 110 valence electrons. The van der Waals surface area contributed by atoms with Crippen LogP contribution in [0.15, 0.2) is 53.4 Å². The normalized spacial score (nSPS) is 10.3. The lowest BCUT2D eigenvalue weighted by Gasteiger charge is -2.06. The minimum atomic E-state index is -0.454. The predicted octanol–water partition coefficient (Wildman–Crippen LogP) is 2.86. The predicted molar refractivity (Wildman–Crippen MR) is 84.7 cm³/mol. The Morgan fingerprint density at radius 1 is 1.19 bits per heavy atom. The van der Waals surface area contributed by atoms with E-state index in [1.807, 2.05) is 30.3 Å². The smallest absolute Gasteiger partial charge is 0.230 e. The summed E-state index contributed by atoms with van der Waals surface area (Å²) < 4.78 is 13.3. The van der Waals surface area contributed by atoms with Gasteiger partial charge < -0.3 is 11.1 Å². The van der Waals surface area contributed by atoms with E-state index in [2.05, 4.69) is 5.32 Å². The molecule has 5 heteroatoms. The number of thioether (sulfide) groups is 1. The van der Waals surface area contributed by atoms with Crippen molar-refractivity contribution in [1.29, 1.82) is 0 Å². The number of carbonyl (C=O) groups excluding carboxylic acids is 1. The third-order valence-corrected chi connectivity index (χ3v) is 3.91. The van der Waals surface area contributed by atoms with E-state index in [9.17, 15) is 9.18 Å². The topological polar surface area (TPSA) is 55.1 Å². The molecule has 0 aliphatic heterocycles. The van der Waals surface area contributed by atoms with Gasteiger partial charge in [0.25, 0.3) is 0 Å². The van der Waals surface area contributed by atoms with Crippen LogP contribution in [-0.2, 0) is 11.2 Å². The Balaban J connectivity index is 1.71. The summed E-state index contributed by atoms with van der Waals surface area (Å²) in [6, 6.07) is 14.5. The summed E-state index contributed by atoms with van der Waals surface area (Å²) in [5.74, 6) is -0.254. The van der Waals surface area contributed by atoms with Crippen LogP contribution in [0.5, 0.6) is 0 Å². The maximum absolute atomic E-state index is 13.3. The molecule has 2 aromatic carbocycles. The van der Waals surface area contributed by atoms with Crippen LogP contribution in [0.2, 0.25) is 0 Å². The van der Waals surface area contributed by atoms with E-state index in [0.29, 0.717) is 11.4 Å². The quantitative estimate of drug-likeness (QED) is 0.637. The molecule has 0 saturated carbocycles. The fourth-order valence-electron chi connectivity index (χ4n) is 1.79. The number of nitrogens with one attached hydrogen (secondary N) is 1. The Labute approximate surface area is 127 Å². The molecule has 0 radical (unpaired) electrons. The van der Waals surface area contributed by atoms with Crippen LogP contribution in [-0.4, -0.2) is 18.2 Å². The average Bonchev–Trinajstić information content (AvgIpc) is 2.49. The van der Waals surface area contributed by atoms with Crippen molar-refractivity contribution >= 4 is 23.4 Å². The van der Waals surface area contributed by atoms with Crippen LogP contribution in [0.3, 0.4) is 0 Å². The number of nitrogen functional groups attached to an aromatic ring is 1. The van der Waals surface area contributed by atoms with Gasteiger partial charge in [-0.15, -0.1) is 11.8 Å². The van der Waals surface area contributed by atoms with Gasteiger partial charge in [-0.1, -0.05) is 30.3 Å². The summed E-state index contributed by atoms with van der Waals surface area (Å²) in [5.41, 5.74) is 6.71. The molecule has 0 aliphatic carbocycles. The van der Waals surface area contributed by atoms with Crippen LogP contribution in [0.25, 0.3) is 0 Å². The molecule has 2 aromatic rings. The second-order valence-electron chi connectivity index (χ2n) is 4.56. The highest BCUT2D eigenvalue weighted by atomic mass is 32.2. The molecule has 3 N–H and O–H groups in total. The minimum Gasteiger partial charge on any atom is -0.396 e. The molecule has 0 fully saturated rings. The molecule has 0 bridgehead atoms. The van der Waals surface area contributed by atoms with Gasteiger partial charge in [0.1, 0.15) is 5.82 Å². The van der Waals surface area contributed by atoms with Crippen molar-refractivity contribution in [2.75, 3.05) is 18.0 Å². The van der Waals surface area contributed by atoms with Crippen molar-refractivity contribution in [2.24, 2.45) is 0 Å². The number of amides is 1. The second kappa shape index (κ2) is 7.69. The van der Waals surface area contributed by atoms with Gasteiger partial charge in [-0.3, -0.25) is 4.79 Å². The molecular formula is C16H17FN2OS. The number of anilines is 1. The van der Waals surface area contributed by atoms with E-state index in [0.717, 1.165) is 6.42 Å². The number of hydrogen-bond acceptors (Lipinski definition) is 3. The molecule has 0 heterocycles. The van der Waals surface area contributed by atoms with E-state index < -0.39 is 5.82 Å². The number of benzene rings is 2. The zero-order valence-electron chi connectivity index (χ0n) is 11.5. The Morgan fingerprint density at radius 3 is 2.67 bits per heavy atom. The molecule has 0 unspecified atom stereocenters. The zero-order valence-corrected chi connectivity index (χ0v) is 12.3. The van der Waals surface area contributed by atoms with Crippen molar-refractivity contribution in [3.8, 4) is 0 Å². The number of nitrogens with two attached hydrogens (primary N) is 1. The number of halogens is 1. The van der Waals surface area contributed by atoms with E-state index in [1.165, 1.54) is 29.5 Å². The lowest BCUT2D eigenvalue weighted by Crippen LogP contribution is -2.27. The lowest BCUT2D eigenvalue weighted by atomic mass is 10.1. The van der Waals surface area contributed by atoms with Gasteiger partial charge >= 0.3 is 0 Å². The van der Waals surface area contributed by atoms with Crippen LogP contribution in [0.1, 0.15) is 5.56 Å².